The molecule has 0 atom stereocenters. The SMILES string of the molecule is CCC(CC)(CC(=O)O)NC(=O)c1cc(S(C)(=O)=O)cs1. The minimum absolute atomic E-state index is 0.0921. The lowest BCUT2D eigenvalue weighted by atomic mass is 9.89. The molecule has 0 bridgehead atoms. The van der Waals surface area contributed by atoms with E-state index in [2.05, 4.69) is 5.32 Å². The van der Waals surface area contributed by atoms with Crippen LogP contribution in [-0.2, 0) is 14.6 Å². The van der Waals surface area contributed by atoms with Gasteiger partial charge in [0.05, 0.1) is 21.7 Å². The molecule has 0 aliphatic rings. The normalized spacial score (nSPS) is 12.1. The van der Waals surface area contributed by atoms with Crippen LogP contribution in [0.1, 0.15) is 42.8 Å². The number of sulfone groups is 1. The Kier molecular flexibility index (Phi) is 5.52. The molecule has 0 fully saturated rings. The highest BCUT2D eigenvalue weighted by atomic mass is 32.2. The van der Waals surface area contributed by atoms with Gasteiger partial charge in [-0.25, -0.2) is 8.42 Å². The Balaban J connectivity index is 2.97. The lowest BCUT2D eigenvalue weighted by molar-refractivity contribution is -0.138. The zero-order valence-corrected chi connectivity index (χ0v) is 13.8. The molecule has 0 radical (unpaired) electrons. The molecule has 0 spiro atoms. The van der Waals surface area contributed by atoms with Crippen LogP contribution < -0.4 is 5.32 Å². The Morgan fingerprint density at radius 2 is 1.90 bits per heavy atom. The number of hydrogen-bond acceptors (Lipinski definition) is 5. The summed E-state index contributed by atoms with van der Waals surface area (Å²) in [4.78, 5) is 23.5. The number of carboxylic acid groups (broad SMARTS) is 1. The number of rotatable bonds is 7. The molecule has 8 heteroatoms. The van der Waals surface area contributed by atoms with Gasteiger partial charge in [0, 0.05) is 11.6 Å². The van der Waals surface area contributed by atoms with Gasteiger partial charge in [-0.2, -0.15) is 0 Å². The first kappa shape index (κ1) is 17.6. The lowest BCUT2D eigenvalue weighted by Crippen LogP contribution is -2.48. The zero-order valence-electron chi connectivity index (χ0n) is 12.2. The zero-order chi connectivity index (χ0) is 16.3. The average Bonchev–Trinajstić information content (AvgIpc) is 2.86. The van der Waals surface area contributed by atoms with Crippen molar-refractivity contribution in [3.8, 4) is 0 Å². The van der Waals surface area contributed by atoms with Crippen LogP contribution in [-0.4, -0.2) is 37.2 Å². The summed E-state index contributed by atoms with van der Waals surface area (Å²) in [7, 11) is -3.35. The first-order valence-corrected chi connectivity index (χ1v) is 9.23. The largest absolute Gasteiger partial charge is 0.481 e. The van der Waals surface area contributed by atoms with E-state index in [1.54, 1.807) is 0 Å². The molecule has 2 N–H and O–H groups in total. The molecule has 6 nitrogen and oxygen atoms in total. The second kappa shape index (κ2) is 6.57. The number of thiophene rings is 1. The van der Waals surface area contributed by atoms with E-state index in [0.717, 1.165) is 17.6 Å². The third-order valence-electron chi connectivity index (χ3n) is 3.45. The van der Waals surface area contributed by atoms with Gasteiger partial charge in [-0.15, -0.1) is 11.3 Å². The smallest absolute Gasteiger partial charge is 0.305 e. The molecule has 1 aromatic heterocycles. The second-order valence-electron chi connectivity index (χ2n) is 4.93. The Hall–Kier alpha value is -1.41. The van der Waals surface area contributed by atoms with Gasteiger partial charge in [-0.3, -0.25) is 9.59 Å². The fraction of sp³-hybridized carbons (Fsp3) is 0.538. The first-order chi connectivity index (χ1) is 9.63. The van der Waals surface area contributed by atoms with Gasteiger partial charge in [-0.1, -0.05) is 13.8 Å². The molecule has 0 saturated carbocycles. The van der Waals surface area contributed by atoms with Gasteiger partial charge in [0.1, 0.15) is 0 Å². The maximum Gasteiger partial charge on any atom is 0.305 e. The molecule has 0 saturated heterocycles. The maximum atomic E-state index is 12.2. The van der Waals surface area contributed by atoms with Crippen LogP contribution in [0.3, 0.4) is 0 Å². The van der Waals surface area contributed by atoms with E-state index in [1.165, 1.54) is 11.4 Å². The third kappa shape index (κ3) is 4.53. The van der Waals surface area contributed by atoms with E-state index < -0.39 is 27.3 Å². The van der Waals surface area contributed by atoms with E-state index >= 15 is 0 Å². The monoisotopic (exact) mass is 333 g/mol. The summed E-state index contributed by atoms with van der Waals surface area (Å²) in [6, 6.07) is 1.31. The molecule has 21 heavy (non-hydrogen) atoms. The Morgan fingerprint density at radius 1 is 1.33 bits per heavy atom. The minimum Gasteiger partial charge on any atom is -0.481 e. The van der Waals surface area contributed by atoms with Crippen molar-refractivity contribution in [2.45, 2.75) is 43.5 Å². The van der Waals surface area contributed by atoms with Crippen molar-refractivity contribution in [1.29, 1.82) is 0 Å². The van der Waals surface area contributed by atoms with E-state index in [1.807, 2.05) is 13.8 Å². The Labute approximate surface area is 128 Å². The molecule has 0 aliphatic carbocycles. The molecule has 0 aromatic carbocycles. The number of amides is 1. The van der Waals surface area contributed by atoms with E-state index in [9.17, 15) is 18.0 Å². The van der Waals surface area contributed by atoms with Crippen LogP contribution >= 0.6 is 11.3 Å². The number of carbonyl (C=O) groups excluding carboxylic acids is 1. The van der Waals surface area contributed by atoms with Crippen molar-refractivity contribution in [2.75, 3.05) is 6.26 Å². The fourth-order valence-corrected chi connectivity index (χ4v) is 3.86. The summed E-state index contributed by atoms with van der Waals surface area (Å²) >= 11 is 1.03. The van der Waals surface area contributed by atoms with Crippen LogP contribution in [0.25, 0.3) is 0 Å². The predicted octanol–water partition coefficient (Wildman–Crippen LogP) is 1.91. The van der Waals surface area contributed by atoms with Gasteiger partial charge in [0.25, 0.3) is 5.91 Å². The van der Waals surface area contributed by atoms with Crippen LogP contribution in [0, 0.1) is 0 Å². The molecular formula is C13H19NO5S2. The molecule has 1 rings (SSSR count). The molecule has 0 aliphatic heterocycles. The van der Waals surface area contributed by atoms with Gasteiger partial charge in [0.15, 0.2) is 9.84 Å². The molecule has 118 valence electrons. The summed E-state index contributed by atoms with van der Waals surface area (Å²) in [6.07, 6.45) is 1.86. The van der Waals surface area contributed by atoms with Crippen molar-refractivity contribution in [3.63, 3.8) is 0 Å². The van der Waals surface area contributed by atoms with Crippen LogP contribution in [0.4, 0.5) is 0 Å². The van der Waals surface area contributed by atoms with Crippen LogP contribution in [0.2, 0.25) is 0 Å². The number of carboxylic acids is 1. The Bertz CT molecular complexity index is 629. The second-order valence-corrected chi connectivity index (χ2v) is 7.86. The van der Waals surface area contributed by atoms with Crippen LogP contribution in [0.5, 0.6) is 0 Å². The summed E-state index contributed by atoms with van der Waals surface area (Å²) in [6.45, 7) is 3.62. The first-order valence-electron chi connectivity index (χ1n) is 6.46. The summed E-state index contributed by atoms with van der Waals surface area (Å²) in [5.74, 6) is -1.43. The number of aliphatic carboxylic acids is 1. The fourth-order valence-electron chi connectivity index (χ4n) is 1.95. The molecule has 1 amide bonds. The van der Waals surface area contributed by atoms with Crippen molar-refractivity contribution >= 4 is 33.1 Å². The van der Waals surface area contributed by atoms with E-state index in [0.29, 0.717) is 12.8 Å². The minimum atomic E-state index is -3.35. The molecule has 1 heterocycles. The number of hydrogen-bond donors (Lipinski definition) is 2. The van der Waals surface area contributed by atoms with E-state index in [4.69, 9.17) is 5.11 Å². The maximum absolute atomic E-state index is 12.2. The highest BCUT2D eigenvalue weighted by Gasteiger charge is 2.31. The standard InChI is InChI=1S/C13H19NO5S2/c1-4-13(5-2,7-11(15)16)14-12(17)10-6-9(8-20-10)21(3,18)19/h6,8H,4-5,7H2,1-3H3,(H,14,17)(H,15,16). The topological polar surface area (TPSA) is 101 Å². The highest BCUT2D eigenvalue weighted by molar-refractivity contribution is 7.90. The molecule has 0 unspecified atom stereocenters. The van der Waals surface area contributed by atoms with Crippen molar-refractivity contribution in [3.05, 3.63) is 16.3 Å². The van der Waals surface area contributed by atoms with Crippen LogP contribution in [0.15, 0.2) is 16.3 Å². The predicted molar refractivity (Wildman–Crippen MR) is 80.5 cm³/mol. The number of carbonyl (C=O) groups is 2. The Morgan fingerprint density at radius 3 is 2.29 bits per heavy atom. The van der Waals surface area contributed by atoms with Gasteiger partial charge in [-0.05, 0) is 18.9 Å². The summed E-state index contributed by atoms with van der Waals surface area (Å²) < 4.78 is 22.8. The summed E-state index contributed by atoms with van der Waals surface area (Å²) in [5, 5.41) is 13.1. The molecular weight excluding hydrogens is 314 g/mol. The van der Waals surface area contributed by atoms with Crippen molar-refractivity contribution in [2.24, 2.45) is 0 Å². The van der Waals surface area contributed by atoms with Crippen molar-refractivity contribution in [1.82, 2.24) is 5.32 Å². The summed E-state index contributed by atoms with van der Waals surface area (Å²) in [5.41, 5.74) is -0.821. The highest BCUT2D eigenvalue weighted by Crippen LogP contribution is 2.23. The average molecular weight is 333 g/mol. The van der Waals surface area contributed by atoms with Gasteiger partial charge < -0.3 is 10.4 Å². The third-order valence-corrected chi connectivity index (χ3v) is 5.62. The quantitative estimate of drug-likeness (QED) is 0.794. The van der Waals surface area contributed by atoms with E-state index in [-0.39, 0.29) is 16.2 Å². The molecule has 1 aromatic rings. The van der Waals surface area contributed by atoms with Gasteiger partial charge >= 0.3 is 5.97 Å². The van der Waals surface area contributed by atoms with Gasteiger partial charge in [0.2, 0.25) is 0 Å². The number of nitrogens with one attached hydrogen (secondary N) is 1. The lowest BCUT2D eigenvalue weighted by Gasteiger charge is -2.31. The van der Waals surface area contributed by atoms with Crippen molar-refractivity contribution < 1.29 is 23.1 Å².